The van der Waals surface area contributed by atoms with Gasteiger partial charge in [-0.25, -0.2) is 8.42 Å². The van der Waals surface area contributed by atoms with Gasteiger partial charge in [0.2, 0.25) is 10.0 Å². The molecule has 0 unspecified atom stereocenters. The molecule has 0 atom stereocenters. The van der Waals surface area contributed by atoms with Gasteiger partial charge in [-0.2, -0.15) is 4.31 Å². The summed E-state index contributed by atoms with van der Waals surface area (Å²) >= 11 is 3.20. The summed E-state index contributed by atoms with van der Waals surface area (Å²) in [5, 5.41) is 11.2. The van der Waals surface area contributed by atoms with Gasteiger partial charge in [0.15, 0.2) is 4.90 Å². The van der Waals surface area contributed by atoms with Crippen molar-refractivity contribution in [3.05, 3.63) is 62.6 Å². The second-order valence-electron chi connectivity index (χ2n) is 6.05. The summed E-state index contributed by atoms with van der Waals surface area (Å²) in [7, 11) is -3.94. The molecule has 0 radical (unpaired) electrons. The number of anilines is 1. The van der Waals surface area contributed by atoms with Gasteiger partial charge in [0.05, 0.1) is 4.92 Å². The molecule has 2 aromatic carbocycles. The number of hydrogen-bond acceptors (Lipinski definition) is 5. The van der Waals surface area contributed by atoms with Crippen LogP contribution in [0.4, 0.5) is 11.4 Å². The smallest absolute Gasteiger partial charge is 0.289 e. The molecule has 26 heavy (non-hydrogen) atoms. The van der Waals surface area contributed by atoms with E-state index in [1.165, 1.54) is 22.5 Å². The van der Waals surface area contributed by atoms with Crippen LogP contribution in [0.15, 0.2) is 51.8 Å². The topological polar surface area (TPSA) is 83.8 Å². The second kappa shape index (κ2) is 7.34. The monoisotopic (exact) mass is 439 g/mol. The van der Waals surface area contributed by atoms with E-state index < -0.39 is 20.6 Å². The lowest BCUT2D eigenvalue weighted by molar-refractivity contribution is -0.387. The molecule has 3 rings (SSSR count). The van der Waals surface area contributed by atoms with Gasteiger partial charge in [0.25, 0.3) is 5.69 Å². The number of aryl methyl sites for hydroxylation is 1. The summed E-state index contributed by atoms with van der Waals surface area (Å²) < 4.78 is 27.7. The highest BCUT2D eigenvalue weighted by atomic mass is 79.9. The van der Waals surface area contributed by atoms with E-state index in [0.717, 1.165) is 11.3 Å². The molecule has 1 fully saturated rings. The Kier molecular flexibility index (Phi) is 5.31. The van der Waals surface area contributed by atoms with Crippen LogP contribution in [0.25, 0.3) is 0 Å². The van der Waals surface area contributed by atoms with Crippen LogP contribution in [0, 0.1) is 17.0 Å². The van der Waals surface area contributed by atoms with Gasteiger partial charge in [-0.05, 0) is 30.7 Å². The Morgan fingerprint density at radius 3 is 2.35 bits per heavy atom. The van der Waals surface area contributed by atoms with Crippen molar-refractivity contribution in [3.8, 4) is 0 Å². The summed E-state index contributed by atoms with van der Waals surface area (Å²) in [4.78, 5) is 12.4. The zero-order valence-corrected chi connectivity index (χ0v) is 16.5. The number of hydrogen-bond donors (Lipinski definition) is 0. The molecular formula is C17H18BrN3O4S. The predicted molar refractivity (Wildman–Crippen MR) is 103 cm³/mol. The number of halogens is 1. The Morgan fingerprint density at radius 1 is 1.08 bits per heavy atom. The van der Waals surface area contributed by atoms with Crippen molar-refractivity contribution in [1.29, 1.82) is 0 Å². The van der Waals surface area contributed by atoms with Crippen molar-refractivity contribution < 1.29 is 13.3 Å². The maximum absolute atomic E-state index is 13.0. The minimum absolute atomic E-state index is 0.277. The van der Waals surface area contributed by atoms with E-state index in [9.17, 15) is 18.5 Å². The highest BCUT2D eigenvalue weighted by Crippen LogP contribution is 2.31. The van der Waals surface area contributed by atoms with Gasteiger partial charge < -0.3 is 4.90 Å². The number of nitrogens with zero attached hydrogens (tertiary/aromatic N) is 3. The third kappa shape index (κ3) is 3.60. The maximum atomic E-state index is 13.0. The molecule has 1 aliphatic rings. The van der Waals surface area contributed by atoms with E-state index in [-0.39, 0.29) is 18.0 Å². The number of nitro benzene ring substituents is 1. The molecule has 9 heteroatoms. The second-order valence-corrected chi connectivity index (χ2v) is 8.87. The van der Waals surface area contributed by atoms with Crippen molar-refractivity contribution in [1.82, 2.24) is 4.31 Å². The fraction of sp³-hybridized carbons (Fsp3) is 0.294. The van der Waals surface area contributed by atoms with Crippen LogP contribution in [-0.2, 0) is 10.0 Å². The quantitative estimate of drug-likeness (QED) is 0.539. The molecule has 0 aromatic heterocycles. The average Bonchev–Trinajstić information content (AvgIpc) is 2.62. The molecular weight excluding hydrogens is 422 g/mol. The Balaban J connectivity index is 1.84. The lowest BCUT2D eigenvalue weighted by atomic mass is 10.1. The van der Waals surface area contributed by atoms with E-state index in [2.05, 4.69) is 20.8 Å². The fourth-order valence-corrected chi connectivity index (χ4v) is 5.19. The number of rotatable bonds is 4. The molecule has 1 aliphatic heterocycles. The Bertz CT molecular complexity index is 941. The largest absolute Gasteiger partial charge is 0.369 e. The first-order chi connectivity index (χ1) is 12.3. The number of nitro groups is 1. The zero-order chi connectivity index (χ0) is 18.9. The lowest BCUT2D eigenvalue weighted by Crippen LogP contribution is -2.48. The SMILES string of the molecule is Cc1ccccc1N1CCN(S(=O)(=O)c2cc(Br)ccc2[N+](=O)[O-])CC1. The summed E-state index contributed by atoms with van der Waals surface area (Å²) in [5.74, 6) is 0. The van der Waals surface area contributed by atoms with Gasteiger partial charge in [-0.3, -0.25) is 10.1 Å². The van der Waals surface area contributed by atoms with Gasteiger partial charge in [0, 0.05) is 42.4 Å². The van der Waals surface area contributed by atoms with E-state index in [1.54, 1.807) is 0 Å². The van der Waals surface area contributed by atoms with Gasteiger partial charge in [-0.15, -0.1) is 0 Å². The molecule has 0 amide bonds. The first kappa shape index (κ1) is 18.8. The van der Waals surface area contributed by atoms with Crippen molar-refractivity contribution in [2.45, 2.75) is 11.8 Å². The van der Waals surface area contributed by atoms with Crippen LogP contribution in [-0.4, -0.2) is 43.8 Å². The van der Waals surface area contributed by atoms with Crippen LogP contribution in [0.1, 0.15) is 5.56 Å². The Labute approximate surface area is 160 Å². The Morgan fingerprint density at radius 2 is 1.73 bits per heavy atom. The summed E-state index contributed by atoms with van der Waals surface area (Å²) in [6, 6.07) is 11.9. The predicted octanol–water partition coefficient (Wildman–Crippen LogP) is 3.18. The minimum Gasteiger partial charge on any atom is -0.369 e. The van der Waals surface area contributed by atoms with E-state index in [4.69, 9.17) is 0 Å². The van der Waals surface area contributed by atoms with Gasteiger partial charge in [-0.1, -0.05) is 34.1 Å². The highest BCUT2D eigenvalue weighted by molar-refractivity contribution is 9.10. The standard InChI is InChI=1S/C17H18BrN3O4S/c1-13-4-2-3-5-15(13)19-8-10-20(11-9-19)26(24,25)17-12-14(18)6-7-16(17)21(22)23/h2-7,12H,8-11H2,1H3. The fourth-order valence-electron chi connectivity index (χ4n) is 3.07. The first-order valence-corrected chi connectivity index (χ1v) is 10.3. The lowest BCUT2D eigenvalue weighted by Gasteiger charge is -2.36. The van der Waals surface area contributed by atoms with E-state index in [1.807, 2.05) is 31.2 Å². The summed E-state index contributed by atoms with van der Waals surface area (Å²) in [6.07, 6.45) is 0. The molecule has 0 N–H and O–H groups in total. The molecule has 2 aromatic rings. The van der Waals surface area contributed by atoms with Crippen molar-refractivity contribution in [2.75, 3.05) is 31.1 Å². The van der Waals surface area contributed by atoms with Gasteiger partial charge in [0.1, 0.15) is 0 Å². The summed E-state index contributed by atoms with van der Waals surface area (Å²) in [5.41, 5.74) is 1.80. The average molecular weight is 440 g/mol. The number of para-hydroxylation sites is 1. The number of sulfonamides is 1. The first-order valence-electron chi connectivity index (χ1n) is 8.05. The molecule has 0 bridgehead atoms. The number of piperazine rings is 1. The molecule has 1 heterocycles. The minimum atomic E-state index is -3.94. The van der Waals surface area contributed by atoms with Crippen LogP contribution in [0.5, 0.6) is 0 Å². The maximum Gasteiger partial charge on any atom is 0.289 e. The van der Waals surface area contributed by atoms with Crippen LogP contribution < -0.4 is 4.90 Å². The van der Waals surface area contributed by atoms with Crippen molar-refractivity contribution in [3.63, 3.8) is 0 Å². The van der Waals surface area contributed by atoms with Crippen LogP contribution >= 0.6 is 15.9 Å². The highest BCUT2D eigenvalue weighted by Gasteiger charge is 2.34. The van der Waals surface area contributed by atoms with E-state index >= 15 is 0 Å². The number of benzene rings is 2. The zero-order valence-electron chi connectivity index (χ0n) is 14.1. The normalized spacial score (nSPS) is 15.8. The van der Waals surface area contributed by atoms with Gasteiger partial charge >= 0.3 is 0 Å². The van der Waals surface area contributed by atoms with E-state index in [0.29, 0.717) is 17.6 Å². The molecule has 0 saturated carbocycles. The molecule has 0 aliphatic carbocycles. The Hall–Kier alpha value is -1.97. The molecule has 0 spiro atoms. The molecule has 1 saturated heterocycles. The molecule has 138 valence electrons. The summed E-state index contributed by atoms with van der Waals surface area (Å²) in [6.45, 7) is 3.64. The van der Waals surface area contributed by atoms with Crippen LogP contribution in [0.2, 0.25) is 0 Å². The molecule has 7 nitrogen and oxygen atoms in total. The van der Waals surface area contributed by atoms with Crippen LogP contribution in [0.3, 0.4) is 0 Å². The third-order valence-corrected chi connectivity index (χ3v) is 6.85. The van der Waals surface area contributed by atoms with Crippen molar-refractivity contribution in [2.24, 2.45) is 0 Å². The third-order valence-electron chi connectivity index (χ3n) is 4.43. The van der Waals surface area contributed by atoms with Crippen molar-refractivity contribution >= 4 is 37.3 Å².